The van der Waals surface area contributed by atoms with Gasteiger partial charge >= 0.3 is 5.97 Å². The van der Waals surface area contributed by atoms with Crippen LogP contribution in [0.4, 0.5) is 0 Å². The van der Waals surface area contributed by atoms with Gasteiger partial charge in [-0.05, 0) is 111 Å². The van der Waals surface area contributed by atoms with E-state index in [1.165, 1.54) is 5.57 Å². The average Bonchev–Trinajstić information content (AvgIpc) is 2.80. The van der Waals surface area contributed by atoms with Gasteiger partial charge in [0.2, 0.25) is 0 Å². The highest BCUT2D eigenvalue weighted by Crippen LogP contribution is 2.75. The number of fused-ring (bicyclic) bond motifs is 7. The molecule has 1 aromatic rings. The second-order valence-electron chi connectivity index (χ2n) is 14.0. The Kier molecular flexibility index (Phi) is 5.36. The third-order valence-electron chi connectivity index (χ3n) is 12.2. The SMILES string of the molecule is Cc1c(O)c(O)cc2c1[C@H](C(C)O)C=C1[C@]2(C)CC[C@]2(C)[C@H]3C[C@@](C)(C(=O)O)CC[C@@]3(C)CC[C@@]12C. The number of allylic oxidation sites excluding steroid dienone is 1. The average molecular weight is 497 g/mol. The molecule has 1 aromatic carbocycles. The van der Waals surface area contributed by atoms with E-state index >= 15 is 0 Å². The summed E-state index contributed by atoms with van der Waals surface area (Å²) < 4.78 is 0. The highest BCUT2D eigenvalue weighted by atomic mass is 16.4. The Morgan fingerprint density at radius 3 is 2.25 bits per heavy atom. The molecule has 0 radical (unpaired) electrons. The van der Waals surface area contributed by atoms with E-state index in [1.54, 1.807) is 13.0 Å². The van der Waals surface area contributed by atoms with E-state index < -0.39 is 17.5 Å². The molecule has 4 aliphatic rings. The van der Waals surface area contributed by atoms with Gasteiger partial charge in [0.25, 0.3) is 0 Å². The third-order valence-corrected chi connectivity index (χ3v) is 12.2. The maximum absolute atomic E-state index is 12.3. The van der Waals surface area contributed by atoms with Crippen LogP contribution in [0.25, 0.3) is 0 Å². The molecular formula is C31H44O5. The molecule has 5 nitrogen and oxygen atoms in total. The number of carboxylic acids is 1. The van der Waals surface area contributed by atoms with Crippen LogP contribution in [0.1, 0.15) is 109 Å². The van der Waals surface area contributed by atoms with Crippen LogP contribution in [0.5, 0.6) is 11.5 Å². The van der Waals surface area contributed by atoms with E-state index in [9.17, 15) is 25.2 Å². The van der Waals surface area contributed by atoms with Gasteiger partial charge < -0.3 is 20.4 Å². The molecule has 0 saturated heterocycles. The molecule has 5 rings (SSSR count). The van der Waals surface area contributed by atoms with Gasteiger partial charge in [0, 0.05) is 11.3 Å². The van der Waals surface area contributed by atoms with Gasteiger partial charge in [-0.1, -0.05) is 39.3 Å². The van der Waals surface area contributed by atoms with Crippen molar-refractivity contribution in [3.05, 3.63) is 34.4 Å². The van der Waals surface area contributed by atoms with Crippen molar-refractivity contribution in [1.29, 1.82) is 0 Å². The monoisotopic (exact) mass is 496 g/mol. The summed E-state index contributed by atoms with van der Waals surface area (Å²) in [5, 5.41) is 42.3. The fraction of sp³-hybridized carbons (Fsp3) is 0.710. The zero-order valence-corrected chi connectivity index (χ0v) is 23.0. The predicted molar refractivity (Wildman–Crippen MR) is 140 cm³/mol. The van der Waals surface area contributed by atoms with Crippen LogP contribution in [-0.2, 0) is 10.2 Å². The fourth-order valence-corrected chi connectivity index (χ4v) is 9.36. The van der Waals surface area contributed by atoms with E-state index in [2.05, 4.69) is 33.8 Å². The minimum atomic E-state index is -0.692. The molecule has 36 heavy (non-hydrogen) atoms. The van der Waals surface area contributed by atoms with Crippen molar-refractivity contribution in [3.8, 4) is 11.5 Å². The third kappa shape index (κ3) is 3.01. The van der Waals surface area contributed by atoms with Crippen LogP contribution in [0.15, 0.2) is 17.7 Å². The number of carbonyl (C=O) groups is 1. The van der Waals surface area contributed by atoms with Crippen LogP contribution in [-0.4, -0.2) is 32.5 Å². The number of carboxylic acid groups (broad SMARTS) is 1. The number of phenolic OH excluding ortho intramolecular Hbond substituents is 2. The quantitative estimate of drug-likeness (QED) is 0.274. The van der Waals surface area contributed by atoms with E-state index in [-0.39, 0.29) is 39.1 Å². The lowest BCUT2D eigenvalue weighted by molar-refractivity contribution is -0.177. The summed E-state index contributed by atoms with van der Waals surface area (Å²) in [5.41, 5.74) is 2.83. The fourth-order valence-electron chi connectivity index (χ4n) is 9.36. The molecule has 3 fully saturated rings. The van der Waals surface area contributed by atoms with Crippen molar-refractivity contribution >= 4 is 5.97 Å². The van der Waals surface area contributed by atoms with Crippen molar-refractivity contribution in [2.45, 2.75) is 111 Å². The summed E-state index contributed by atoms with van der Waals surface area (Å²) in [7, 11) is 0. The Balaban J connectivity index is 1.70. The standard InChI is InChI=1S/C31H44O5/c1-17-24-19(18(2)32)14-22-29(5,20(24)15-21(33)25(17)34)11-13-31(7)23-16-28(4,26(35)36)9-8-27(23,3)10-12-30(22,31)6/h14-15,18-19,23,32-34H,8-13,16H2,1-7H3,(H,35,36)/t18?,19-,23-,27-,28-,29+,30-,31+/m0/s1. The summed E-state index contributed by atoms with van der Waals surface area (Å²) in [6, 6.07) is 1.74. The summed E-state index contributed by atoms with van der Waals surface area (Å²) in [6.45, 7) is 15.0. The van der Waals surface area contributed by atoms with E-state index in [0.717, 1.165) is 49.7 Å². The minimum absolute atomic E-state index is 0.0722. The Labute approximate surface area is 215 Å². The number of hydrogen-bond acceptors (Lipinski definition) is 4. The highest BCUT2D eigenvalue weighted by Gasteiger charge is 2.67. The lowest BCUT2D eigenvalue weighted by Gasteiger charge is -2.70. The minimum Gasteiger partial charge on any atom is -0.504 e. The van der Waals surface area contributed by atoms with Gasteiger partial charge in [0.15, 0.2) is 11.5 Å². The van der Waals surface area contributed by atoms with Gasteiger partial charge in [0.05, 0.1) is 11.5 Å². The second kappa shape index (κ2) is 7.52. The highest BCUT2D eigenvalue weighted by molar-refractivity contribution is 5.74. The van der Waals surface area contributed by atoms with E-state index in [4.69, 9.17) is 0 Å². The lowest BCUT2D eigenvalue weighted by atomic mass is 9.34. The Morgan fingerprint density at radius 1 is 1.00 bits per heavy atom. The number of benzene rings is 1. The number of aromatic hydroxyl groups is 2. The molecule has 198 valence electrons. The van der Waals surface area contributed by atoms with Gasteiger partial charge in [-0.25, -0.2) is 0 Å². The molecule has 1 unspecified atom stereocenters. The van der Waals surface area contributed by atoms with Crippen LogP contribution in [0.2, 0.25) is 0 Å². The zero-order valence-electron chi connectivity index (χ0n) is 23.0. The molecular weight excluding hydrogens is 452 g/mol. The van der Waals surface area contributed by atoms with Crippen molar-refractivity contribution in [2.75, 3.05) is 0 Å². The molecule has 4 N–H and O–H groups in total. The van der Waals surface area contributed by atoms with Crippen molar-refractivity contribution in [2.24, 2.45) is 27.6 Å². The van der Waals surface area contributed by atoms with Crippen LogP contribution >= 0.6 is 0 Å². The first-order valence-electron chi connectivity index (χ1n) is 13.7. The van der Waals surface area contributed by atoms with Gasteiger partial charge in [-0.2, -0.15) is 0 Å². The topological polar surface area (TPSA) is 98.0 Å². The summed E-state index contributed by atoms with van der Waals surface area (Å²) in [4.78, 5) is 12.3. The maximum Gasteiger partial charge on any atom is 0.309 e. The molecule has 0 spiro atoms. The first-order valence-corrected chi connectivity index (χ1v) is 13.7. The number of aliphatic carboxylic acids is 1. The summed E-state index contributed by atoms with van der Waals surface area (Å²) >= 11 is 0. The first-order chi connectivity index (χ1) is 16.5. The molecule has 0 heterocycles. The zero-order chi connectivity index (χ0) is 26.6. The number of aliphatic hydroxyl groups is 1. The Bertz CT molecular complexity index is 1170. The second-order valence-corrected chi connectivity index (χ2v) is 14.0. The molecule has 5 heteroatoms. The predicted octanol–water partition coefficient (Wildman–Crippen LogP) is 6.57. The van der Waals surface area contributed by atoms with E-state index in [1.807, 2.05) is 13.8 Å². The number of rotatable bonds is 2. The molecule has 0 aromatic heterocycles. The van der Waals surface area contributed by atoms with Crippen molar-refractivity contribution in [3.63, 3.8) is 0 Å². The molecule has 3 saturated carbocycles. The largest absolute Gasteiger partial charge is 0.504 e. The molecule has 0 aliphatic heterocycles. The smallest absolute Gasteiger partial charge is 0.309 e. The molecule has 0 bridgehead atoms. The Hall–Kier alpha value is -2.01. The maximum atomic E-state index is 12.3. The first kappa shape index (κ1) is 25.6. The molecule has 8 atom stereocenters. The summed E-state index contributed by atoms with van der Waals surface area (Å²) in [6.07, 6.45) is 8.02. The van der Waals surface area contributed by atoms with Crippen LogP contribution in [0.3, 0.4) is 0 Å². The van der Waals surface area contributed by atoms with Crippen LogP contribution in [0, 0.1) is 34.5 Å². The van der Waals surface area contributed by atoms with Gasteiger partial charge in [0.1, 0.15) is 0 Å². The number of phenols is 2. The molecule has 0 amide bonds. The number of hydrogen-bond donors (Lipinski definition) is 4. The lowest BCUT2D eigenvalue weighted by Crippen LogP contribution is -2.62. The Morgan fingerprint density at radius 2 is 1.64 bits per heavy atom. The van der Waals surface area contributed by atoms with Crippen molar-refractivity contribution < 1.29 is 25.2 Å². The van der Waals surface area contributed by atoms with Crippen molar-refractivity contribution in [1.82, 2.24) is 0 Å². The number of aliphatic hydroxyl groups excluding tert-OH is 1. The van der Waals surface area contributed by atoms with Gasteiger partial charge in [-0.15, -0.1) is 0 Å². The van der Waals surface area contributed by atoms with E-state index in [0.29, 0.717) is 17.9 Å². The normalized spacial score (nSPS) is 44.4. The summed E-state index contributed by atoms with van der Waals surface area (Å²) in [5.74, 6) is -0.845. The van der Waals surface area contributed by atoms with Crippen LogP contribution < -0.4 is 0 Å². The molecule has 4 aliphatic carbocycles. The van der Waals surface area contributed by atoms with Gasteiger partial charge in [-0.3, -0.25) is 4.79 Å².